The van der Waals surface area contributed by atoms with Crippen molar-refractivity contribution in [2.75, 3.05) is 0 Å². The average Bonchev–Trinajstić information content (AvgIpc) is 2.08. The van der Waals surface area contributed by atoms with Crippen LogP contribution in [0.15, 0.2) is 6.20 Å². The molecule has 0 aliphatic heterocycles. The van der Waals surface area contributed by atoms with Crippen LogP contribution in [0.1, 0.15) is 22.4 Å². The number of rotatable bonds is 0. The summed E-state index contributed by atoms with van der Waals surface area (Å²) in [5.41, 5.74) is 3.17. The van der Waals surface area contributed by atoms with Crippen LogP contribution in [0.25, 0.3) is 0 Å². The summed E-state index contributed by atoms with van der Waals surface area (Å²) in [4.78, 5) is 0. The summed E-state index contributed by atoms with van der Waals surface area (Å²) in [6.45, 7) is 5.57. The maximum absolute atomic E-state index is 9.30. The molecule has 3 nitrogen and oxygen atoms in total. The molecule has 0 amide bonds. The third kappa shape index (κ3) is 1.12. The quantitative estimate of drug-likeness (QED) is 0.458. The Morgan fingerprint density at radius 2 is 1.92 bits per heavy atom. The molecule has 0 saturated heterocycles. The molecule has 0 atom stereocenters. The second-order valence-electron chi connectivity index (χ2n) is 2.83. The number of hydrogen-bond acceptors (Lipinski definition) is 2. The fourth-order valence-electron chi connectivity index (χ4n) is 1.07. The Bertz CT molecular complexity index is 364. The van der Waals surface area contributed by atoms with Gasteiger partial charge in [0.05, 0.1) is 0 Å². The SMILES string of the molecule is Cc1c(C#N)c[n+](O)c(C)c1C. The molecular weight excluding hydrogens is 152 g/mol. The summed E-state index contributed by atoms with van der Waals surface area (Å²) < 4.78 is 0.987. The van der Waals surface area contributed by atoms with Gasteiger partial charge in [-0.15, -0.1) is 0 Å². The van der Waals surface area contributed by atoms with Crippen molar-refractivity contribution in [1.29, 1.82) is 5.26 Å². The number of aromatic nitrogens is 1. The molecule has 0 radical (unpaired) electrons. The zero-order valence-corrected chi connectivity index (χ0v) is 7.42. The van der Waals surface area contributed by atoms with Gasteiger partial charge in [0.1, 0.15) is 11.6 Å². The van der Waals surface area contributed by atoms with E-state index < -0.39 is 0 Å². The van der Waals surface area contributed by atoms with Crippen LogP contribution >= 0.6 is 0 Å². The van der Waals surface area contributed by atoms with E-state index in [1.54, 1.807) is 0 Å². The molecular formula is C9H11N2O+. The lowest BCUT2D eigenvalue weighted by Crippen LogP contribution is -2.35. The normalized spacial score (nSPS) is 9.50. The molecule has 12 heavy (non-hydrogen) atoms. The van der Waals surface area contributed by atoms with E-state index in [1.807, 2.05) is 26.8 Å². The van der Waals surface area contributed by atoms with Crippen molar-refractivity contribution >= 4 is 0 Å². The van der Waals surface area contributed by atoms with E-state index in [9.17, 15) is 5.21 Å². The molecule has 0 spiro atoms. The van der Waals surface area contributed by atoms with E-state index in [0.717, 1.165) is 21.6 Å². The number of hydrogen-bond donors (Lipinski definition) is 1. The number of pyridine rings is 1. The van der Waals surface area contributed by atoms with Gasteiger partial charge in [-0.05, 0) is 19.4 Å². The molecule has 1 heterocycles. The summed E-state index contributed by atoms with van der Waals surface area (Å²) >= 11 is 0. The maximum atomic E-state index is 9.30. The first-order valence-corrected chi connectivity index (χ1v) is 3.69. The Kier molecular flexibility index (Phi) is 2.01. The van der Waals surface area contributed by atoms with Crippen molar-refractivity contribution in [2.45, 2.75) is 20.8 Å². The van der Waals surface area contributed by atoms with Gasteiger partial charge in [0.2, 0.25) is 11.9 Å². The highest BCUT2D eigenvalue weighted by Gasteiger charge is 2.14. The first-order valence-electron chi connectivity index (χ1n) is 3.69. The smallest absolute Gasteiger partial charge is 0.240 e. The second kappa shape index (κ2) is 2.82. The fourth-order valence-corrected chi connectivity index (χ4v) is 1.07. The maximum Gasteiger partial charge on any atom is 0.240 e. The minimum Gasteiger partial charge on any atom is -0.285 e. The van der Waals surface area contributed by atoms with Crippen LogP contribution in [0.3, 0.4) is 0 Å². The fraction of sp³-hybridized carbons (Fsp3) is 0.333. The molecule has 1 aromatic heterocycles. The van der Waals surface area contributed by atoms with Crippen molar-refractivity contribution in [3.63, 3.8) is 0 Å². The van der Waals surface area contributed by atoms with Gasteiger partial charge in [-0.25, -0.2) is 0 Å². The summed E-state index contributed by atoms with van der Waals surface area (Å²) in [6.07, 6.45) is 1.43. The lowest BCUT2D eigenvalue weighted by Gasteiger charge is -2.00. The standard InChI is InChI=1S/C9H11N2O/c1-6-7(2)9(4-10)5-11(12)8(6)3/h5,12H,1-3H3/q+1. The highest BCUT2D eigenvalue weighted by atomic mass is 16.5. The lowest BCUT2D eigenvalue weighted by atomic mass is 10.1. The summed E-state index contributed by atoms with van der Waals surface area (Å²) in [5, 5.41) is 18.0. The van der Waals surface area contributed by atoms with E-state index in [0.29, 0.717) is 5.56 Å². The van der Waals surface area contributed by atoms with Crippen LogP contribution in [0.5, 0.6) is 0 Å². The third-order valence-corrected chi connectivity index (χ3v) is 2.22. The van der Waals surface area contributed by atoms with Crippen molar-refractivity contribution in [3.8, 4) is 6.07 Å². The molecule has 62 valence electrons. The van der Waals surface area contributed by atoms with Crippen LogP contribution < -0.4 is 4.73 Å². The Hall–Kier alpha value is -1.56. The zero-order chi connectivity index (χ0) is 9.30. The van der Waals surface area contributed by atoms with E-state index in [2.05, 4.69) is 0 Å². The first-order chi connectivity index (χ1) is 5.57. The first kappa shape index (κ1) is 8.54. The minimum atomic E-state index is 0.514. The van der Waals surface area contributed by atoms with Gasteiger partial charge >= 0.3 is 0 Å². The van der Waals surface area contributed by atoms with Gasteiger partial charge < -0.3 is 0 Å². The Morgan fingerprint density at radius 1 is 1.33 bits per heavy atom. The monoisotopic (exact) mass is 163 g/mol. The van der Waals surface area contributed by atoms with Gasteiger partial charge in [0.25, 0.3) is 0 Å². The van der Waals surface area contributed by atoms with Crippen molar-refractivity contribution < 1.29 is 9.94 Å². The molecule has 3 heteroatoms. The van der Waals surface area contributed by atoms with Crippen LogP contribution in [-0.4, -0.2) is 5.21 Å². The molecule has 1 aromatic rings. The Morgan fingerprint density at radius 3 is 2.42 bits per heavy atom. The van der Waals surface area contributed by atoms with Gasteiger partial charge in [0.15, 0.2) is 0 Å². The number of nitriles is 1. The van der Waals surface area contributed by atoms with Gasteiger partial charge in [-0.3, -0.25) is 5.21 Å². The molecule has 0 aliphatic carbocycles. The topological polar surface area (TPSA) is 47.9 Å². The predicted molar refractivity (Wildman–Crippen MR) is 42.7 cm³/mol. The molecule has 0 aliphatic rings. The van der Waals surface area contributed by atoms with Crippen molar-refractivity contribution in [2.24, 2.45) is 0 Å². The molecule has 0 saturated carbocycles. The highest BCUT2D eigenvalue weighted by molar-refractivity contribution is 5.38. The van der Waals surface area contributed by atoms with Gasteiger partial charge in [-0.2, -0.15) is 5.26 Å². The molecule has 0 aromatic carbocycles. The van der Waals surface area contributed by atoms with Crippen LogP contribution in [-0.2, 0) is 0 Å². The highest BCUT2D eigenvalue weighted by Crippen LogP contribution is 2.11. The van der Waals surface area contributed by atoms with E-state index in [-0.39, 0.29) is 0 Å². The van der Waals surface area contributed by atoms with Gasteiger partial charge in [-0.1, -0.05) is 0 Å². The third-order valence-electron chi connectivity index (χ3n) is 2.22. The number of nitrogens with zero attached hydrogens (tertiary/aromatic N) is 2. The van der Waals surface area contributed by atoms with E-state index >= 15 is 0 Å². The minimum absolute atomic E-state index is 0.514. The molecule has 0 fully saturated rings. The Balaban J connectivity index is 3.52. The Labute approximate surface area is 71.5 Å². The largest absolute Gasteiger partial charge is 0.285 e. The summed E-state index contributed by atoms with van der Waals surface area (Å²) in [5.74, 6) is 0. The van der Waals surface area contributed by atoms with Crippen molar-refractivity contribution in [3.05, 3.63) is 28.6 Å². The van der Waals surface area contributed by atoms with Crippen LogP contribution in [0, 0.1) is 32.1 Å². The lowest BCUT2D eigenvalue weighted by molar-refractivity contribution is -0.909. The molecule has 0 unspecified atom stereocenters. The van der Waals surface area contributed by atoms with Crippen LogP contribution in [0.4, 0.5) is 0 Å². The predicted octanol–water partition coefficient (Wildman–Crippen LogP) is 1.01. The second-order valence-corrected chi connectivity index (χ2v) is 2.83. The van der Waals surface area contributed by atoms with Crippen molar-refractivity contribution in [1.82, 2.24) is 0 Å². The van der Waals surface area contributed by atoms with E-state index in [4.69, 9.17) is 5.26 Å². The van der Waals surface area contributed by atoms with Crippen LogP contribution in [0.2, 0.25) is 0 Å². The summed E-state index contributed by atoms with van der Waals surface area (Å²) in [7, 11) is 0. The summed E-state index contributed by atoms with van der Waals surface area (Å²) in [6, 6.07) is 2.02. The van der Waals surface area contributed by atoms with Gasteiger partial charge in [0, 0.05) is 17.2 Å². The molecule has 1 N–H and O–H groups in total. The van der Waals surface area contributed by atoms with E-state index in [1.165, 1.54) is 6.20 Å². The molecule has 1 rings (SSSR count). The molecule has 0 bridgehead atoms. The zero-order valence-electron chi connectivity index (χ0n) is 7.42. The average molecular weight is 163 g/mol.